The van der Waals surface area contributed by atoms with Crippen LogP contribution < -0.4 is 0 Å². The highest BCUT2D eigenvalue weighted by atomic mass is 16.5. The first-order valence-electron chi connectivity index (χ1n) is 10.3. The van der Waals surface area contributed by atoms with E-state index in [-0.39, 0.29) is 24.3 Å². The largest absolute Gasteiger partial charge is 0.462 e. The van der Waals surface area contributed by atoms with Gasteiger partial charge in [0.1, 0.15) is 0 Å². The number of hydrogen-bond acceptors (Lipinski definition) is 4. The Kier molecular flexibility index (Phi) is 7.84. The van der Waals surface area contributed by atoms with Gasteiger partial charge in [0.25, 0.3) is 0 Å². The molecule has 4 heteroatoms. The summed E-state index contributed by atoms with van der Waals surface area (Å²) in [5.41, 5.74) is 3.66. The van der Waals surface area contributed by atoms with Crippen molar-refractivity contribution in [1.82, 2.24) is 0 Å². The molecule has 0 saturated heterocycles. The summed E-state index contributed by atoms with van der Waals surface area (Å²) in [6.45, 7) is 3.93. The molecule has 4 nitrogen and oxygen atoms in total. The fourth-order valence-electron chi connectivity index (χ4n) is 2.81. The van der Waals surface area contributed by atoms with Crippen LogP contribution in [0.3, 0.4) is 0 Å². The minimum atomic E-state index is -0.511. The van der Waals surface area contributed by atoms with E-state index in [1.54, 1.807) is 26.0 Å². The zero-order valence-electron chi connectivity index (χ0n) is 18.0. The molecule has 0 aliphatic carbocycles. The maximum absolute atomic E-state index is 12.2. The second-order valence-electron chi connectivity index (χ2n) is 6.68. The smallest absolute Gasteiger partial charge is 0.338 e. The fraction of sp³-hybridized carbons (Fsp3) is 0.143. The molecule has 0 aliphatic rings. The SMILES string of the molecule is CCOC(=O)c1cc(C#Cc2ccc(C#Cc3ccccc3)cc2)cc(C(=O)OCC)c1. The van der Waals surface area contributed by atoms with Crippen molar-refractivity contribution >= 4 is 11.9 Å². The van der Waals surface area contributed by atoms with Crippen LogP contribution in [0.1, 0.15) is 56.8 Å². The summed E-state index contributed by atoms with van der Waals surface area (Å²) in [6.07, 6.45) is 0. The van der Waals surface area contributed by atoms with Crippen LogP contribution in [0.5, 0.6) is 0 Å². The Hall–Kier alpha value is -4.28. The van der Waals surface area contributed by atoms with E-state index in [1.165, 1.54) is 6.07 Å². The summed E-state index contributed by atoms with van der Waals surface area (Å²) in [5.74, 6) is 11.3. The van der Waals surface area contributed by atoms with Crippen LogP contribution >= 0.6 is 0 Å². The molecule has 0 aromatic heterocycles. The number of ether oxygens (including phenoxy) is 2. The van der Waals surface area contributed by atoms with Crippen molar-refractivity contribution in [2.45, 2.75) is 13.8 Å². The summed E-state index contributed by atoms with van der Waals surface area (Å²) in [4.78, 5) is 24.3. The third kappa shape index (κ3) is 6.36. The Balaban J connectivity index is 1.84. The highest BCUT2D eigenvalue weighted by Gasteiger charge is 2.14. The predicted molar refractivity (Wildman–Crippen MR) is 123 cm³/mol. The second-order valence-corrected chi connectivity index (χ2v) is 6.68. The van der Waals surface area contributed by atoms with Gasteiger partial charge in [-0.1, -0.05) is 41.9 Å². The molecular weight excluding hydrogens is 400 g/mol. The average Bonchev–Trinajstić information content (AvgIpc) is 2.83. The fourth-order valence-corrected chi connectivity index (χ4v) is 2.81. The van der Waals surface area contributed by atoms with E-state index in [2.05, 4.69) is 23.7 Å². The summed E-state index contributed by atoms with van der Waals surface area (Å²) < 4.78 is 10.1. The molecule has 0 amide bonds. The number of hydrogen-bond donors (Lipinski definition) is 0. The van der Waals surface area contributed by atoms with Crippen LogP contribution in [0.2, 0.25) is 0 Å². The molecule has 3 aromatic rings. The second kappa shape index (κ2) is 11.2. The topological polar surface area (TPSA) is 52.6 Å². The van der Waals surface area contributed by atoms with Gasteiger partial charge in [0, 0.05) is 22.3 Å². The number of carbonyl (C=O) groups is 2. The third-order valence-electron chi connectivity index (χ3n) is 4.32. The van der Waals surface area contributed by atoms with Crippen LogP contribution in [-0.2, 0) is 9.47 Å². The van der Waals surface area contributed by atoms with Gasteiger partial charge in [0.2, 0.25) is 0 Å². The minimum Gasteiger partial charge on any atom is -0.462 e. The highest BCUT2D eigenvalue weighted by Crippen LogP contribution is 2.13. The Morgan fingerprint density at radius 1 is 0.594 bits per heavy atom. The Labute approximate surface area is 188 Å². The number of rotatable bonds is 4. The van der Waals surface area contributed by atoms with Gasteiger partial charge in [0.15, 0.2) is 0 Å². The van der Waals surface area contributed by atoms with Gasteiger partial charge < -0.3 is 9.47 Å². The lowest BCUT2D eigenvalue weighted by atomic mass is 10.0. The molecule has 0 radical (unpaired) electrons. The van der Waals surface area contributed by atoms with Crippen LogP contribution in [0.25, 0.3) is 0 Å². The van der Waals surface area contributed by atoms with Crippen molar-refractivity contribution in [3.8, 4) is 23.7 Å². The molecule has 3 rings (SSSR count). The molecule has 158 valence electrons. The zero-order chi connectivity index (χ0) is 22.8. The zero-order valence-corrected chi connectivity index (χ0v) is 18.0. The average molecular weight is 422 g/mol. The minimum absolute atomic E-state index is 0.239. The van der Waals surface area contributed by atoms with E-state index in [0.717, 1.165) is 16.7 Å². The molecule has 0 atom stereocenters. The number of esters is 2. The summed E-state index contributed by atoms with van der Waals surface area (Å²) in [6, 6.07) is 22.0. The van der Waals surface area contributed by atoms with Crippen LogP contribution in [0.15, 0.2) is 72.8 Å². The first-order valence-corrected chi connectivity index (χ1v) is 10.3. The van der Waals surface area contributed by atoms with Crippen molar-refractivity contribution < 1.29 is 19.1 Å². The van der Waals surface area contributed by atoms with E-state index < -0.39 is 11.9 Å². The first-order chi connectivity index (χ1) is 15.6. The van der Waals surface area contributed by atoms with Crippen molar-refractivity contribution in [3.05, 3.63) is 106 Å². The van der Waals surface area contributed by atoms with Gasteiger partial charge in [-0.05, 0) is 68.4 Å². The van der Waals surface area contributed by atoms with Crippen molar-refractivity contribution in [2.75, 3.05) is 13.2 Å². The molecule has 0 fully saturated rings. The van der Waals surface area contributed by atoms with Crippen LogP contribution in [0.4, 0.5) is 0 Å². The molecule has 0 heterocycles. The standard InChI is InChI=1S/C28H22O4/c1-3-31-27(29)25-18-24(19-26(20-25)28(30)32-4-2)17-16-23-14-12-22(13-15-23)11-10-21-8-6-5-7-9-21/h5-9,12-15,18-20H,3-4H2,1-2H3. The quantitative estimate of drug-likeness (QED) is 0.446. The van der Waals surface area contributed by atoms with E-state index in [9.17, 15) is 9.59 Å². The van der Waals surface area contributed by atoms with Gasteiger partial charge >= 0.3 is 11.9 Å². The van der Waals surface area contributed by atoms with E-state index >= 15 is 0 Å². The Bertz CT molecular complexity index is 1180. The van der Waals surface area contributed by atoms with E-state index in [1.807, 2.05) is 54.6 Å². The predicted octanol–water partition coefficient (Wildman–Crippen LogP) is 4.84. The molecule has 0 spiro atoms. The maximum atomic E-state index is 12.2. The molecule has 32 heavy (non-hydrogen) atoms. The van der Waals surface area contributed by atoms with Crippen molar-refractivity contribution in [3.63, 3.8) is 0 Å². The maximum Gasteiger partial charge on any atom is 0.338 e. The molecule has 3 aromatic carbocycles. The van der Waals surface area contributed by atoms with Crippen LogP contribution in [-0.4, -0.2) is 25.2 Å². The molecule has 0 aliphatic heterocycles. The lowest BCUT2D eigenvalue weighted by Crippen LogP contribution is -2.09. The van der Waals surface area contributed by atoms with E-state index in [0.29, 0.717) is 5.56 Å². The molecular formula is C28H22O4. The first kappa shape index (κ1) is 22.4. The van der Waals surface area contributed by atoms with Gasteiger partial charge in [-0.3, -0.25) is 0 Å². The lowest BCUT2D eigenvalue weighted by Gasteiger charge is -2.06. The summed E-state index contributed by atoms with van der Waals surface area (Å²) >= 11 is 0. The molecule has 0 N–H and O–H groups in total. The van der Waals surface area contributed by atoms with Gasteiger partial charge in [-0.2, -0.15) is 0 Å². The summed E-state index contributed by atoms with van der Waals surface area (Å²) in [5, 5.41) is 0. The lowest BCUT2D eigenvalue weighted by molar-refractivity contribution is 0.0525. The number of carbonyl (C=O) groups excluding carboxylic acids is 2. The van der Waals surface area contributed by atoms with Gasteiger partial charge in [-0.25, -0.2) is 9.59 Å². The Morgan fingerprint density at radius 2 is 1.00 bits per heavy atom. The third-order valence-corrected chi connectivity index (χ3v) is 4.32. The Morgan fingerprint density at radius 3 is 1.44 bits per heavy atom. The van der Waals surface area contributed by atoms with Crippen molar-refractivity contribution in [2.24, 2.45) is 0 Å². The monoisotopic (exact) mass is 422 g/mol. The van der Waals surface area contributed by atoms with Gasteiger partial charge in [0.05, 0.1) is 24.3 Å². The van der Waals surface area contributed by atoms with E-state index in [4.69, 9.17) is 9.47 Å². The molecule has 0 unspecified atom stereocenters. The normalized spacial score (nSPS) is 9.56. The van der Waals surface area contributed by atoms with Crippen LogP contribution in [0, 0.1) is 23.7 Å². The van der Waals surface area contributed by atoms with Gasteiger partial charge in [-0.15, -0.1) is 0 Å². The highest BCUT2D eigenvalue weighted by molar-refractivity contribution is 5.96. The van der Waals surface area contributed by atoms with Crippen molar-refractivity contribution in [1.29, 1.82) is 0 Å². The molecule has 0 bridgehead atoms. The molecule has 0 saturated carbocycles. The summed E-state index contributed by atoms with van der Waals surface area (Å²) in [7, 11) is 0. The number of benzene rings is 3.